The minimum Gasteiger partial charge on any atom is -0.389 e. The van der Waals surface area contributed by atoms with E-state index in [0.29, 0.717) is 21.8 Å². The summed E-state index contributed by atoms with van der Waals surface area (Å²) in [5, 5.41) is 13.6. The van der Waals surface area contributed by atoms with Crippen molar-refractivity contribution in [2.24, 2.45) is 0 Å². The lowest BCUT2D eigenvalue weighted by molar-refractivity contribution is 0.0198. The van der Waals surface area contributed by atoms with Crippen LogP contribution in [-0.4, -0.2) is 27.4 Å². The molecule has 0 aliphatic rings. The average Bonchev–Trinajstić information content (AvgIpc) is 3.17. The van der Waals surface area contributed by atoms with E-state index >= 15 is 0 Å². The van der Waals surface area contributed by atoms with Gasteiger partial charge in [0.05, 0.1) is 37.6 Å². The van der Waals surface area contributed by atoms with Crippen molar-refractivity contribution in [3.05, 3.63) is 86.7 Å². The Balaban J connectivity index is 1.48. The monoisotopic (exact) mass is 440 g/mol. The largest absolute Gasteiger partial charge is 0.389 e. The minimum atomic E-state index is -0.823. The second-order valence-corrected chi connectivity index (χ2v) is 8.49. The van der Waals surface area contributed by atoms with Crippen molar-refractivity contribution in [2.75, 3.05) is 6.61 Å². The summed E-state index contributed by atoms with van der Waals surface area (Å²) in [4.78, 5) is 18.2. The summed E-state index contributed by atoms with van der Waals surface area (Å²) in [6, 6.07) is 15.4. The number of aliphatic hydroxyl groups excluding tert-OH is 1. The molecule has 2 aromatic heterocycles. The van der Waals surface area contributed by atoms with Crippen LogP contribution in [0.5, 0.6) is 0 Å². The van der Waals surface area contributed by atoms with Gasteiger partial charge in [0.25, 0.3) is 5.56 Å². The maximum Gasteiger partial charge on any atom is 0.262 e. The zero-order chi connectivity index (χ0) is 21.1. The van der Waals surface area contributed by atoms with Gasteiger partial charge in [-0.3, -0.25) is 9.36 Å². The van der Waals surface area contributed by atoms with Crippen LogP contribution >= 0.6 is 22.9 Å². The van der Waals surface area contributed by atoms with Gasteiger partial charge in [0, 0.05) is 16.0 Å². The lowest BCUT2D eigenvalue weighted by atomic mass is 10.1. The lowest BCUT2D eigenvalue weighted by Crippen LogP contribution is -2.29. The van der Waals surface area contributed by atoms with E-state index in [4.69, 9.17) is 16.3 Å². The molecular weight excluding hydrogens is 420 g/mol. The predicted molar refractivity (Wildman–Crippen MR) is 121 cm³/mol. The lowest BCUT2D eigenvalue weighted by Gasteiger charge is -2.13. The molecule has 1 unspecified atom stereocenters. The van der Waals surface area contributed by atoms with Crippen LogP contribution in [0.1, 0.15) is 11.1 Å². The van der Waals surface area contributed by atoms with Crippen molar-refractivity contribution in [1.82, 2.24) is 9.55 Å². The molecule has 0 bridgehead atoms. The van der Waals surface area contributed by atoms with Gasteiger partial charge >= 0.3 is 0 Å². The molecule has 4 aromatic rings. The standard InChI is InChI=1S/C23H21ClN2O3S/c1-15-2-6-17(7-3-15)20-13-30-22-21(20)23(28)26(14-25-22)10-19(27)12-29-11-16-4-8-18(24)9-5-16/h2-9,13-14,19,27H,10-12H2,1H3. The van der Waals surface area contributed by atoms with E-state index < -0.39 is 6.10 Å². The van der Waals surface area contributed by atoms with Crippen molar-refractivity contribution in [3.63, 3.8) is 0 Å². The van der Waals surface area contributed by atoms with Gasteiger partial charge in [0.2, 0.25) is 0 Å². The van der Waals surface area contributed by atoms with Gasteiger partial charge in [-0.1, -0.05) is 53.6 Å². The number of rotatable bonds is 7. The number of benzene rings is 2. The fraction of sp³-hybridized carbons (Fsp3) is 0.217. The third kappa shape index (κ3) is 4.63. The van der Waals surface area contributed by atoms with Crippen molar-refractivity contribution < 1.29 is 9.84 Å². The maximum absolute atomic E-state index is 13.1. The number of hydrogen-bond donors (Lipinski definition) is 1. The zero-order valence-corrected chi connectivity index (χ0v) is 18.0. The summed E-state index contributed by atoms with van der Waals surface area (Å²) in [6.45, 7) is 2.62. The summed E-state index contributed by atoms with van der Waals surface area (Å²) < 4.78 is 7.03. The predicted octanol–water partition coefficient (Wildman–Crippen LogP) is 4.66. The van der Waals surface area contributed by atoms with Crippen LogP contribution in [0, 0.1) is 6.92 Å². The number of fused-ring (bicyclic) bond motifs is 1. The summed E-state index contributed by atoms with van der Waals surface area (Å²) in [5.41, 5.74) is 3.82. The highest BCUT2D eigenvalue weighted by Gasteiger charge is 2.15. The Labute approximate surface area is 183 Å². The van der Waals surface area contributed by atoms with E-state index in [-0.39, 0.29) is 18.7 Å². The van der Waals surface area contributed by atoms with Crippen LogP contribution in [0.25, 0.3) is 21.3 Å². The van der Waals surface area contributed by atoms with E-state index in [2.05, 4.69) is 4.98 Å². The van der Waals surface area contributed by atoms with Crippen LogP contribution in [0.3, 0.4) is 0 Å². The second kappa shape index (κ2) is 9.10. The first-order valence-electron chi connectivity index (χ1n) is 9.55. The molecule has 2 heterocycles. The summed E-state index contributed by atoms with van der Waals surface area (Å²) >= 11 is 7.32. The van der Waals surface area contributed by atoms with Crippen molar-refractivity contribution >= 4 is 33.2 Å². The molecule has 0 aliphatic heterocycles. The molecule has 0 saturated carbocycles. The third-order valence-electron chi connectivity index (χ3n) is 4.82. The molecule has 5 nitrogen and oxygen atoms in total. The highest BCUT2D eigenvalue weighted by atomic mass is 35.5. The topological polar surface area (TPSA) is 64.3 Å². The number of thiophene rings is 1. The third-order valence-corrected chi connectivity index (χ3v) is 5.96. The van der Waals surface area contributed by atoms with Crippen molar-refractivity contribution in [1.29, 1.82) is 0 Å². The number of aliphatic hydroxyl groups is 1. The summed E-state index contributed by atoms with van der Waals surface area (Å²) in [6.07, 6.45) is 0.665. The van der Waals surface area contributed by atoms with E-state index in [1.54, 1.807) is 12.1 Å². The van der Waals surface area contributed by atoms with Crippen molar-refractivity contribution in [2.45, 2.75) is 26.2 Å². The Morgan fingerprint density at radius 3 is 2.63 bits per heavy atom. The molecule has 0 radical (unpaired) electrons. The molecule has 7 heteroatoms. The molecule has 2 aromatic carbocycles. The first-order chi connectivity index (χ1) is 14.5. The average molecular weight is 441 g/mol. The molecule has 0 saturated heterocycles. The van der Waals surface area contributed by atoms with Gasteiger partial charge in [-0.15, -0.1) is 11.3 Å². The van der Waals surface area contributed by atoms with E-state index in [1.165, 1.54) is 22.2 Å². The fourth-order valence-corrected chi connectivity index (χ4v) is 4.25. The first kappa shape index (κ1) is 20.8. The Bertz CT molecular complexity index is 1200. The van der Waals surface area contributed by atoms with Crippen LogP contribution in [0.4, 0.5) is 0 Å². The minimum absolute atomic E-state index is 0.113. The number of aromatic nitrogens is 2. The molecular formula is C23H21ClN2O3S. The number of ether oxygens (including phenoxy) is 1. The van der Waals surface area contributed by atoms with Gasteiger partial charge in [-0.05, 0) is 30.2 Å². The highest BCUT2D eigenvalue weighted by molar-refractivity contribution is 7.17. The molecule has 1 N–H and O–H groups in total. The van der Waals surface area contributed by atoms with Gasteiger partial charge in [0.1, 0.15) is 4.83 Å². The second-order valence-electron chi connectivity index (χ2n) is 7.19. The normalized spacial score (nSPS) is 12.4. The van der Waals surface area contributed by atoms with E-state index in [9.17, 15) is 9.90 Å². The molecule has 0 aliphatic carbocycles. The molecule has 0 fully saturated rings. The Hall–Kier alpha value is -2.51. The molecule has 4 rings (SSSR count). The Morgan fingerprint density at radius 2 is 1.90 bits per heavy atom. The van der Waals surface area contributed by atoms with Gasteiger partial charge < -0.3 is 9.84 Å². The highest BCUT2D eigenvalue weighted by Crippen LogP contribution is 2.30. The molecule has 30 heavy (non-hydrogen) atoms. The number of aryl methyl sites for hydroxylation is 1. The van der Waals surface area contributed by atoms with Crippen LogP contribution in [-0.2, 0) is 17.9 Å². The van der Waals surface area contributed by atoms with Crippen molar-refractivity contribution in [3.8, 4) is 11.1 Å². The van der Waals surface area contributed by atoms with Crippen LogP contribution < -0.4 is 5.56 Å². The zero-order valence-electron chi connectivity index (χ0n) is 16.4. The number of nitrogens with zero attached hydrogens (tertiary/aromatic N) is 2. The first-order valence-corrected chi connectivity index (χ1v) is 10.8. The smallest absolute Gasteiger partial charge is 0.262 e. The SMILES string of the molecule is Cc1ccc(-c2csc3ncn(CC(O)COCc4ccc(Cl)cc4)c(=O)c23)cc1. The fourth-order valence-electron chi connectivity index (χ4n) is 3.22. The van der Waals surface area contributed by atoms with E-state index in [0.717, 1.165) is 22.3 Å². The summed E-state index contributed by atoms with van der Waals surface area (Å²) in [7, 11) is 0. The quantitative estimate of drug-likeness (QED) is 0.453. The number of halogens is 1. The molecule has 154 valence electrons. The maximum atomic E-state index is 13.1. The molecule has 0 amide bonds. The number of hydrogen-bond acceptors (Lipinski definition) is 5. The summed E-state index contributed by atoms with van der Waals surface area (Å²) in [5.74, 6) is 0. The van der Waals surface area contributed by atoms with Crippen LogP contribution in [0.2, 0.25) is 5.02 Å². The Morgan fingerprint density at radius 1 is 1.17 bits per heavy atom. The molecule has 1 atom stereocenters. The van der Waals surface area contributed by atoms with E-state index in [1.807, 2.05) is 48.7 Å². The molecule has 0 spiro atoms. The Kier molecular flexibility index (Phi) is 6.29. The van der Waals surface area contributed by atoms with Gasteiger partial charge in [0.15, 0.2) is 0 Å². The van der Waals surface area contributed by atoms with Gasteiger partial charge in [-0.2, -0.15) is 0 Å². The van der Waals surface area contributed by atoms with Crippen LogP contribution in [0.15, 0.2) is 65.0 Å². The van der Waals surface area contributed by atoms with Gasteiger partial charge in [-0.25, -0.2) is 4.98 Å².